The lowest BCUT2D eigenvalue weighted by atomic mass is 10.3. The molecule has 1 aliphatic rings. The molecule has 8 heteroatoms. The van der Waals surface area contributed by atoms with Gasteiger partial charge in [-0.3, -0.25) is 0 Å². The summed E-state index contributed by atoms with van der Waals surface area (Å²) in [5.74, 6) is 0. The number of hydrogen-bond acceptors (Lipinski definition) is 7. The van der Waals surface area contributed by atoms with Crippen LogP contribution in [-0.2, 0) is 0 Å². The lowest BCUT2D eigenvalue weighted by Gasteiger charge is -2.29. The molecule has 4 aromatic rings. The second-order valence-electron chi connectivity index (χ2n) is 6.83. The molecule has 1 fully saturated rings. The number of para-hydroxylation sites is 1. The molecule has 0 amide bonds. The summed E-state index contributed by atoms with van der Waals surface area (Å²) >= 11 is 3.39. The van der Waals surface area contributed by atoms with Crippen LogP contribution in [0.15, 0.2) is 53.4 Å². The number of hydrogen-bond donors (Lipinski definition) is 2. The first-order chi connectivity index (χ1) is 14.3. The molecule has 148 valence electrons. The van der Waals surface area contributed by atoms with E-state index in [2.05, 4.69) is 55.7 Å². The second kappa shape index (κ2) is 7.98. The summed E-state index contributed by atoms with van der Waals surface area (Å²) in [4.78, 5) is 7.31. The summed E-state index contributed by atoms with van der Waals surface area (Å²) in [5, 5.41) is 19.1. The normalized spacial score (nSPS) is 15.2. The zero-order valence-corrected chi connectivity index (χ0v) is 17.8. The lowest BCUT2D eigenvalue weighted by molar-refractivity contribution is 0.592. The Balaban J connectivity index is 1.41. The molecule has 6 nitrogen and oxygen atoms in total. The topological polar surface area (TPSA) is 58.0 Å². The van der Waals surface area contributed by atoms with Gasteiger partial charge in [-0.1, -0.05) is 24.3 Å². The number of aromatic nitrogens is 3. The monoisotopic (exact) mass is 422 g/mol. The minimum Gasteiger partial charge on any atom is -0.359 e. The van der Waals surface area contributed by atoms with Gasteiger partial charge in [-0.2, -0.15) is 5.10 Å². The van der Waals surface area contributed by atoms with E-state index >= 15 is 0 Å². The van der Waals surface area contributed by atoms with Crippen LogP contribution in [0.2, 0.25) is 0 Å². The van der Waals surface area contributed by atoms with Crippen LogP contribution in [0.25, 0.3) is 21.7 Å². The van der Waals surface area contributed by atoms with Crippen LogP contribution < -0.4 is 15.5 Å². The summed E-state index contributed by atoms with van der Waals surface area (Å²) in [7, 11) is 0. The molecule has 5 rings (SSSR count). The van der Waals surface area contributed by atoms with Crippen LogP contribution in [-0.4, -0.2) is 40.9 Å². The predicted octanol–water partition coefficient (Wildman–Crippen LogP) is 4.43. The van der Waals surface area contributed by atoms with Gasteiger partial charge >= 0.3 is 0 Å². The van der Waals surface area contributed by atoms with Crippen molar-refractivity contribution in [1.82, 2.24) is 20.1 Å². The van der Waals surface area contributed by atoms with Crippen molar-refractivity contribution in [2.75, 3.05) is 36.4 Å². The molecule has 1 aliphatic heterocycles. The fraction of sp³-hybridized carbons (Fsp3) is 0.238. The maximum atomic E-state index is 4.86. The van der Waals surface area contributed by atoms with Gasteiger partial charge in [0.25, 0.3) is 0 Å². The lowest BCUT2D eigenvalue weighted by Crippen LogP contribution is -2.43. The minimum atomic E-state index is 0.870. The van der Waals surface area contributed by atoms with Gasteiger partial charge in [0.1, 0.15) is 5.00 Å². The third-order valence-electron chi connectivity index (χ3n) is 5.03. The first-order valence-corrected chi connectivity index (χ1v) is 11.4. The van der Waals surface area contributed by atoms with Crippen LogP contribution >= 0.6 is 22.7 Å². The van der Waals surface area contributed by atoms with E-state index in [0.717, 1.165) is 59.3 Å². The van der Waals surface area contributed by atoms with Gasteiger partial charge in [0.05, 0.1) is 28.8 Å². The third-order valence-corrected chi connectivity index (χ3v) is 6.82. The Hall–Kier alpha value is -2.68. The van der Waals surface area contributed by atoms with Crippen LogP contribution in [0.4, 0.5) is 10.7 Å². The number of benzene rings is 1. The Bertz CT molecular complexity index is 1150. The maximum Gasteiger partial charge on any atom is 0.211 e. The van der Waals surface area contributed by atoms with Gasteiger partial charge in [-0.05, 0) is 24.4 Å². The van der Waals surface area contributed by atoms with Gasteiger partial charge < -0.3 is 15.5 Å². The highest BCUT2D eigenvalue weighted by Crippen LogP contribution is 2.35. The molecule has 0 atom stereocenters. The van der Waals surface area contributed by atoms with E-state index in [-0.39, 0.29) is 0 Å². The molecule has 0 aliphatic carbocycles. The van der Waals surface area contributed by atoms with Crippen molar-refractivity contribution in [3.63, 3.8) is 0 Å². The van der Waals surface area contributed by atoms with Crippen molar-refractivity contribution >= 4 is 50.0 Å². The van der Waals surface area contributed by atoms with Gasteiger partial charge in [-0.25, -0.2) is 9.67 Å². The number of nitrogens with one attached hydrogen (secondary N) is 2. The minimum absolute atomic E-state index is 0.870. The summed E-state index contributed by atoms with van der Waals surface area (Å²) < 4.78 is 1.91. The highest BCUT2D eigenvalue weighted by molar-refractivity contribution is 7.15. The number of rotatable bonds is 5. The molecule has 2 N–H and O–H groups in total. The Morgan fingerprint density at radius 2 is 2.03 bits per heavy atom. The largest absolute Gasteiger partial charge is 0.359 e. The van der Waals surface area contributed by atoms with Crippen molar-refractivity contribution in [3.8, 4) is 5.13 Å². The highest BCUT2D eigenvalue weighted by atomic mass is 32.1. The molecule has 1 saturated heterocycles. The van der Waals surface area contributed by atoms with Gasteiger partial charge in [0.2, 0.25) is 5.13 Å². The zero-order valence-electron chi connectivity index (χ0n) is 16.1. The van der Waals surface area contributed by atoms with Gasteiger partial charge in [0.15, 0.2) is 0 Å². The Kier molecular flexibility index (Phi) is 5.05. The van der Waals surface area contributed by atoms with Crippen molar-refractivity contribution < 1.29 is 0 Å². The number of thiophene rings is 1. The van der Waals surface area contributed by atoms with E-state index in [4.69, 9.17) is 4.98 Å². The molecule has 0 radical (unpaired) electrons. The number of nitrogens with zero attached hydrogens (tertiary/aromatic N) is 4. The second-order valence-corrected chi connectivity index (χ2v) is 8.57. The molecule has 29 heavy (non-hydrogen) atoms. The number of fused-ring (bicyclic) bond motifs is 1. The Morgan fingerprint density at radius 3 is 2.90 bits per heavy atom. The molecule has 0 saturated carbocycles. The van der Waals surface area contributed by atoms with Crippen molar-refractivity contribution in [2.24, 2.45) is 0 Å². The molecule has 3 aromatic heterocycles. The van der Waals surface area contributed by atoms with Crippen molar-refractivity contribution in [2.45, 2.75) is 6.92 Å². The summed E-state index contributed by atoms with van der Waals surface area (Å²) in [5.41, 5.74) is 4.16. The van der Waals surface area contributed by atoms with Gasteiger partial charge in [-0.15, -0.1) is 22.7 Å². The van der Waals surface area contributed by atoms with E-state index < -0.39 is 0 Å². The first-order valence-electron chi connectivity index (χ1n) is 9.69. The number of anilines is 2. The first kappa shape index (κ1) is 18.4. The molecule has 0 unspecified atom stereocenters. The van der Waals surface area contributed by atoms with E-state index in [1.54, 1.807) is 22.7 Å². The molecular formula is C21H22N6S2. The predicted molar refractivity (Wildman–Crippen MR) is 123 cm³/mol. The fourth-order valence-electron chi connectivity index (χ4n) is 3.55. The third kappa shape index (κ3) is 3.55. The average Bonchev–Trinajstić information content (AvgIpc) is 3.51. The van der Waals surface area contributed by atoms with E-state index in [1.807, 2.05) is 29.9 Å². The van der Waals surface area contributed by atoms with Crippen LogP contribution in [0.1, 0.15) is 12.6 Å². The summed E-state index contributed by atoms with van der Waals surface area (Å²) in [6, 6.07) is 10.4. The molecule has 4 heterocycles. The van der Waals surface area contributed by atoms with E-state index in [1.165, 1.54) is 5.00 Å². The fourth-order valence-corrected chi connectivity index (χ4v) is 5.25. The van der Waals surface area contributed by atoms with Crippen molar-refractivity contribution in [1.29, 1.82) is 0 Å². The van der Waals surface area contributed by atoms with E-state index in [0.29, 0.717) is 0 Å². The zero-order chi connectivity index (χ0) is 19.6. The Labute approximate surface area is 177 Å². The summed E-state index contributed by atoms with van der Waals surface area (Å²) in [6.07, 6.45) is 3.97. The number of piperazine rings is 1. The standard InChI is InChI=1S/C21H22N6S2/c1-2-16(24-17-7-12-28-20(17)26-10-8-22-9-11-26)18-14-29-21(25-18)27-19-6-4-3-5-15(19)13-23-27/h2-7,12-14,22,24H,8-11H2,1H3/b16-2-. The maximum absolute atomic E-state index is 4.86. The number of thiazole rings is 1. The molecular weight excluding hydrogens is 400 g/mol. The highest BCUT2D eigenvalue weighted by Gasteiger charge is 2.17. The van der Waals surface area contributed by atoms with Crippen molar-refractivity contribution in [3.05, 3.63) is 59.1 Å². The smallest absolute Gasteiger partial charge is 0.211 e. The van der Waals surface area contributed by atoms with Crippen LogP contribution in [0, 0.1) is 0 Å². The van der Waals surface area contributed by atoms with Crippen LogP contribution in [0.5, 0.6) is 0 Å². The molecule has 0 spiro atoms. The van der Waals surface area contributed by atoms with E-state index in [9.17, 15) is 0 Å². The molecule has 0 bridgehead atoms. The SMILES string of the molecule is C/C=C(\Nc1ccsc1N1CCNCC1)c1csc(-n2ncc3ccccc32)n1. The van der Waals surface area contributed by atoms with Crippen LogP contribution in [0.3, 0.4) is 0 Å². The summed E-state index contributed by atoms with van der Waals surface area (Å²) in [6.45, 7) is 6.17. The average molecular weight is 423 g/mol. The number of allylic oxidation sites excluding steroid dienone is 1. The Morgan fingerprint density at radius 1 is 1.17 bits per heavy atom. The quantitative estimate of drug-likeness (QED) is 0.498. The molecule has 1 aromatic carbocycles. The van der Waals surface area contributed by atoms with Gasteiger partial charge in [0, 0.05) is 36.9 Å².